The van der Waals surface area contributed by atoms with Gasteiger partial charge in [0.05, 0.1) is 11.4 Å². The number of halogens is 1. The Labute approximate surface area is 79.0 Å². The third-order valence-electron chi connectivity index (χ3n) is 2.06. The molecule has 12 heavy (non-hydrogen) atoms. The summed E-state index contributed by atoms with van der Waals surface area (Å²) in [4.78, 5) is 10.6. The van der Waals surface area contributed by atoms with Crippen molar-refractivity contribution in [1.29, 1.82) is 0 Å². The van der Waals surface area contributed by atoms with Gasteiger partial charge in [-0.3, -0.25) is 4.79 Å². The topological polar surface area (TPSA) is 22.0 Å². The molecule has 0 fully saturated rings. The van der Waals surface area contributed by atoms with E-state index in [1.807, 2.05) is 16.7 Å². The van der Waals surface area contributed by atoms with Crippen LogP contribution in [0.1, 0.15) is 22.6 Å². The van der Waals surface area contributed by atoms with Gasteiger partial charge in [-0.1, -0.05) is 6.08 Å². The Morgan fingerprint density at radius 2 is 2.33 bits per heavy atom. The van der Waals surface area contributed by atoms with E-state index in [1.165, 1.54) is 0 Å². The lowest BCUT2D eigenvalue weighted by Crippen LogP contribution is -2.07. The molecule has 1 aromatic rings. The Morgan fingerprint density at radius 3 is 3.08 bits per heavy atom. The van der Waals surface area contributed by atoms with Crippen LogP contribution in [-0.2, 0) is 6.54 Å². The van der Waals surface area contributed by atoms with E-state index in [2.05, 4.69) is 22.0 Å². The van der Waals surface area contributed by atoms with Gasteiger partial charge in [-0.2, -0.15) is 0 Å². The molecule has 2 heterocycles. The molecule has 0 N–H and O–H groups in total. The van der Waals surface area contributed by atoms with E-state index in [9.17, 15) is 4.79 Å². The van der Waals surface area contributed by atoms with Crippen LogP contribution < -0.4 is 0 Å². The number of carbonyl (C=O) groups is 1. The lowest BCUT2D eigenvalue weighted by atomic mass is 10.2. The number of aromatic nitrogens is 1. The lowest BCUT2D eigenvalue weighted by Gasteiger charge is -2.13. The van der Waals surface area contributed by atoms with Crippen molar-refractivity contribution in [3.8, 4) is 0 Å². The summed E-state index contributed by atoms with van der Waals surface area (Å²) in [5, 5.41) is 0. The van der Waals surface area contributed by atoms with Gasteiger partial charge in [0.15, 0.2) is 6.29 Å². The molecule has 2 rings (SSSR count). The quantitative estimate of drug-likeness (QED) is 0.674. The van der Waals surface area contributed by atoms with Crippen LogP contribution in [0.25, 0.3) is 4.48 Å². The number of aldehydes is 1. The first-order chi connectivity index (χ1) is 5.83. The minimum Gasteiger partial charge on any atom is -0.338 e. The lowest BCUT2D eigenvalue weighted by molar-refractivity contribution is 0.111. The average Bonchev–Trinajstić information content (AvgIpc) is 2.49. The van der Waals surface area contributed by atoms with Gasteiger partial charge in [0.2, 0.25) is 0 Å². The molecule has 0 radical (unpaired) electrons. The fraction of sp³-hybridized carbons (Fsp3) is 0.222. The van der Waals surface area contributed by atoms with Crippen LogP contribution in [-0.4, -0.2) is 10.9 Å². The Kier molecular flexibility index (Phi) is 1.89. The summed E-state index contributed by atoms with van der Waals surface area (Å²) in [6.45, 7) is 0.908. The van der Waals surface area contributed by atoms with Gasteiger partial charge in [-0.05, 0) is 34.5 Å². The first kappa shape index (κ1) is 7.80. The van der Waals surface area contributed by atoms with E-state index in [-0.39, 0.29) is 0 Å². The van der Waals surface area contributed by atoms with Crippen LogP contribution in [0.3, 0.4) is 0 Å². The van der Waals surface area contributed by atoms with E-state index in [1.54, 1.807) is 0 Å². The monoisotopic (exact) mass is 225 g/mol. The van der Waals surface area contributed by atoms with Crippen molar-refractivity contribution in [2.75, 3.05) is 0 Å². The van der Waals surface area contributed by atoms with Gasteiger partial charge in [0.1, 0.15) is 0 Å². The second kappa shape index (κ2) is 2.90. The Morgan fingerprint density at radius 1 is 1.50 bits per heavy atom. The molecule has 0 aliphatic carbocycles. The molecular weight excluding hydrogens is 218 g/mol. The first-order valence-corrected chi connectivity index (χ1v) is 4.63. The van der Waals surface area contributed by atoms with Crippen molar-refractivity contribution in [1.82, 2.24) is 4.57 Å². The van der Waals surface area contributed by atoms with Gasteiger partial charge in [-0.25, -0.2) is 0 Å². The molecule has 0 bridgehead atoms. The second-order valence-corrected chi connectivity index (χ2v) is 3.61. The molecule has 62 valence electrons. The fourth-order valence-electron chi connectivity index (χ4n) is 1.47. The molecule has 3 heteroatoms. The normalized spacial score (nSPS) is 15.2. The highest BCUT2D eigenvalue weighted by molar-refractivity contribution is 9.15. The summed E-state index contributed by atoms with van der Waals surface area (Å²) in [5.74, 6) is 0. The maximum atomic E-state index is 10.6. The number of rotatable bonds is 1. The van der Waals surface area contributed by atoms with Crippen molar-refractivity contribution in [2.24, 2.45) is 0 Å². The van der Waals surface area contributed by atoms with Gasteiger partial charge >= 0.3 is 0 Å². The Balaban J connectivity index is 2.57. The van der Waals surface area contributed by atoms with Crippen molar-refractivity contribution < 1.29 is 4.79 Å². The van der Waals surface area contributed by atoms with Crippen LogP contribution in [0, 0.1) is 0 Å². The maximum Gasteiger partial charge on any atom is 0.166 e. The van der Waals surface area contributed by atoms with Gasteiger partial charge < -0.3 is 4.57 Å². The Bertz CT molecular complexity index is 351. The van der Waals surface area contributed by atoms with E-state index in [4.69, 9.17) is 0 Å². The number of nitrogens with zero attached hydrogens (tertiary/aromatic N) is 1. The highest BCUT2D eigenvalue weighted by atomic mass is 79.9. The molecule has 0 atom stereocenters. The van der Waals surface area contributed by atoms with E-state index < -0.39 is 0 Å². The van der Waals surface area contributed by atoms with Crippen LogP contribution in [0.2, 0.25) is 0 Å². The van der Waals surface area contributed by atoms with Crippen LogP contribution in [0.5, 0.6) is 0 Å². The molecule has 0 saturated carbocycles. The average molecular weight is 226 g/mol. The van der Waals surface area contributed by atoms with Crippen molar-refractivity contribution in [3.63, 3.8) is 0 Å². The number of allylic oxidation sites excluding steroid dienone is 1. The van der Waals surface area contributed by atoms with Crippen LogP contribution in [0.4, 0.5) is 0 Å². The zero-order valence-corrected chi connectivity index (χ0v) is 8.04. The van der Waals surface area contributed by atoms with Crippen molar-refractivity contribution >= 4 is 26.7 Å². The third-order valence-corrected chi connectivity index (χ3v) is 2.79. The third kappa shape index (κ3) is 1.05. The standard InChI is InChI=1S/C9H8BrNO/c10-8-2-1-5-11-7(6-12)3-4-9(8)11/h2-4,6H,1,5H2. The van der Waals surface area contributed by atoms with E-state index in [0.29, 0.717) is 0 Å². The highest BCUT2D eigenvalue weighted by Crippen LogP contribution is 2.27. The summed E-state index contributed by atoms with van der Waals surface area (Å²) in [6.07, 6.45) is 4.02. The number of fused-ring (bicyclic) bond motifs is 1. The first-order valence-electron chi connectivity index (χ1n) is 3.83. The number of hydrogen-bond acceptors (Lipinski definition) is 1. The van der Waals surface area contributed by atoms with Crippen molar-refractivity contribution in [3.05, 3.63) is 29.6 Å². The molecule has 1 aromatic heterocycles. The molecular formula is C9H8BrNO. The number of hydrogen-bond donors (Lipinski definition) is 0. The smallest absolute Gasteiger partial charge is 0.166 e. The molecule has 0 unspecified atom stereocenters. The molecule has 0 saturated heterocycles. The van der Waals surface area contributed by atoms with Crippen molar-refractivity contribution in [2.45, 2.75) is 13.0 Å². The van der Waals surface area contributed by atoms with Crippen LogP contribution >= 0.6 is 15.9 Å². The van der Waals surface area contributed by atoms with E-state index >= 15 is 0 Å². The SMILES string of the molecule is O=Cc1ccc2n1CCC=C2Br. The highest BCUT2D eigenvalue weighted by Gasteiger charge is 2.12. The summed E-state index contributed by atoms with van der Waals surface area (Å²) < 4.78 is 3.11. The predicted octanol–water partition coefficient (Wildman–Crippen LogP) is 2.44. The predicted molar refractivity (Wildman–Crippen MR) is 51.3 cm³/mol. The molecule has 0 amide bonds. The summed E-state index contributed by atoms with van der Waals surface area (Å²) in [7, 11) is 0. The summed E-state index contributed by atoms with van der Waals surface area (Å²) >= 11 is 3.45. The van der Waals surface area contributed by atoms with Crippen LogP contribution in [0.15, 0.2) is 18.2 Å². The largest absolute Gasteiger partial charge is 0.338 e. The van der Waals surface area contributed by atoms with Gasteiger partial charge in [0.25, 0.3) is 0 Å². The molecule has 1 aliphatic heterocycles. The van der Waals surface area contributed by atoms with E-state index in [0.717, 1.165) is 35.1 Å². The zero-order valence-electron chi connectivity index (χ0n) is 6.46. The van der Waals surface area contributed by atoms with Gasteiger partial charge in [0, 0.05) is 11.0 Å². The fourth-order valence-corrected chi connectivity index (χ4v) is 2.04. The zero-order chi connectivity index (χ0) is 8.55. The minimum absolute atomic E-state index is 0.759. The molecule has 0 spiro atoms. The molecule has 2 nitrogen and oxygen atoms in total. The summed E-state index contributed by atoms with van der Waals surface area (Å²) in [6, 6.07) is 3.81. The number of carbonyl (C=O) groups excluding carboxylic acids is 1. The minimum atomic E-state index is 0.759. The summed E-state index contributed by atoms with van der Waals surface area (Å²) in [5.41, 5.74) is 1.86. The van der Waals surface area contributed by atoms with Gasteiger partial charge in [-0.15, -0.1) is 0 Å². The molecule has 0 aromatic carbocycles. The Hall–Kier alpha value is -0.830. The maximum absolute atomic E-state index is 10.6. The second-order valence-electron chi connectivity index (χ2n) is 2.75. The molecule has 1 aliphatic rings.